The number of hydrogen-bond acceptors (Lipinski definition) is 6. The molecule has 0 atom stereocenters. The normalized spacial score (nSPS) is 10.1. The van der Waals surface area contributed by atoms with E-state index >= 15 is 0 Å². The lowest BCUT2D eigenvalue weighted by atomic mass is 10.0. The molecule has 0 aromatic heterocycles. The molecule has 0 saturated heterocycles. The van der Waals surface area contributed by atoms with Crippen molar-refractivity contribution in [1.29, 1.82) is 0 Å². The van der Waals surface area contributed by atoms with Crippen molar-refractivity contribution in [2.45, 2.75) is 20.8 Å². The maximum atomic E-state index is 11.7. The molecule has 0 amide bonds. The Bertz CT molecular complexity index is 506. The highest BCUT2D eigenvalue weighted by atomic mass is 16.5. The van der Waals surface area contributed by atoms with E-state index in [2.05, 4.69) is 0 Å². The number of hydrogen-bond donors (Lipinski definition) is 2. The first-order valence-electron chi connectivity index (χ1n) is 5.83. The Morgan fingerprint density at radius 1 is 1.11 bits per heavy atom. The van der Waals surface area contributed by atoms with Crippen LogP contribution in [0.1, 0.15) is 40.1 Å². The lowest BCUT2D eigenvalue weighted by Gasteiger charge is -2.12. The summed E-state index contributed by atoms with van der Waals surface area (Å²) in [5.74, 6) is -2.46. The van der Waals surface area contributed by atoms with Gasteiger partial charge in [0.25, 0.3) is 0 Å². The first kappa shape index (κ1) is 14.8. The van der Waals surface area contributed by atoms with Gasteiger partial charge in [0.15, 0.2) is 0 Å². The quantitative estimate of drug-likeness (QED) is 0.638. The molecule has 0 aliphatic rings. The van der Waals surface area contributed by atoms with Crippen LogP contribution in [0.3, 0.4) is 0 Å². The van der Waals surface area contributed by atoms with Crippen LogP contribution in [0.2, 0.25) is 0 Å². The van der Waals surface area contributed by atoms with Crippen LogP contribution in [-0.2, 0) is 9.47 Å². The smallest absolute Gasteiger partial charge is 0.342 e. The summed E-state index contributed by atoms with van der Waals surface area (Å²) < 4.78 is 9.51. The highest BCUT2D eigenvalue weighted by molar-refractivity contribution is 6.02. The molecule has 1 rings (SSSR count). The number of carbonyl (C=O) groups is 2. The molecule has 6 nitrogen and oxygen atoms in total. The highest BCUT2D eigenvalue weighted by Crippen LogP contribution is 2.33. The van der Waals surface area contributed by atoms with Crippen LogP contribution in [0.5, 0.6) is 11.5 Å². The molecule has 0 saturated carbocycles. The zero-order valence-electron chi connectivity index (χ0n) is 11.0. The summed E-state index contributed by atoms with van der Waals surface area (Å²) in [4.78, 5) is 23.3. The number of rotatable bonds is 4. The number of phenols is 2. The molecule has 0 aliphatic heterocycles. The first-order chi connectivity index (χ1) is 8.93. The summed E-state index contributed by atoms with van der Waals surface area (Å²) in [6.45, 7) is 4.88. The van der Waals surface area contributed by atoms with E-state index in [-0.39, 0.29) is 35.7 Å². The van der Waals surface area contributed by atoms with Crippen LogP contribution in [0, 0.1) is 6.92 Å². The molecule has 0 unspecified atom stereocenters. The zero-order valence-corrected chi connectivity index (χ0v) is 11.0. The summed E-state index contributed by atoms with van der Waals surface area (Å²) in [6, 6.07) is 1.06. The number of aromatic hydroxyl groups is 2. The maximum absolute atomic E-state index is 11.7. The Kier molecular flexibility index (Phi) is 4.74. The van der Waals surface area contributed by atoms with Gasteiger partial charge >= 0.3 is 11.9 Å². The third kappa shape index (κ3) is 2.96. The molecule has 1 aromatic rings. The molecule has 6 heteroatoms. The minimum Gasteiger partial charge on any atom is -0.508 e. The van der Waals surface area contributed by atoms with Crippen LogP contribution in [0.4, 0.5) is 0 Å². The molecule has 0 bridgehead atoms. The summed E-state index contributed by atoms with van der Waals surface area (Å²) in [7, 11) is 0. The molecule has 0 radical (unpaired) electrons. The fourth-order valence-electron chi connectivity index (χ4n) is 1.57. The summed E-state index contributed by atoms with van der Waals surface area (Å²) in [5.41, 5.74) is -0.359. The van der Waals surface area contributed by atoms with Gasteiger partial charge in [-0.05, 0) is 26.8 Å². The van der Waals surface area contributed by atoms with Crippen molar-refractivity contribution in [3.8, 4) is 11.5 Å². The molecular weight excluding hydrogens is 252 g/mol. The van der Waals surface area contributed by atoms with E-state index in [0.29, 0.717) is 0 Å². The van der Waals surface area contributed by atoms with E-state index in [4.69, 9.17) is 9.47 Å². The second-order valence-electron chi connectivity index (χ2n) is 3.73. The van der Waals surface area contributed by atoms with E-state index in [0.717, 1.165) is 6.07 Å². The predicted molar refractivity (Wildman–Crippen MR) is 66.4 cm³/mol. The van der Waals surface area contributed by atoms with Gasteiger partial charge in [0.1, 0.15) is 22.6 Å². The summed E-state index contributed by atoms with van der Waals surface area (Å²) in [5, 5.41) is 19.7. The van der Waals surface area contributed by atoms with Gasteiger partial charge < -0.3 is 19.7 Å². The number of phenolic OH excluding ortho intramolecular Hbond substituents is 2. The monoisotopic (exact) mass is 268 g/mol. The lowest BCUT2D eigenvalue weighted by molar-refractivity contribution is 0.0517. The molecule has 2 N–H and O–H groups in total. The Balaban J connectivity index is 3.38. The average Bonchev–Trinajstić information content (AvgIpc) is 2.34. The minimum absolute atomic E-state index is 0.113. The fraction of sp³-hybridized carbons (Fsp3) is 0.385. The summed E-state index contributed by atoms with van der Waals surface area (Å²) >= 11 is 0. The number of esters is 2. The van der Waals surface area contributed by atoms with Crippen molar-refractivity contribution in [2.24, 2.45) is 0 Å². The highest BCUT2D eigenvalue weighted by Gasteiger charge is 2.25. The van der Waals surface area contributed by atoms with Crippen molar-refractivity contribution >= 4 is 11.9 Å². The second-order valence-corrected chi connectivity index (χ2v) is 3.73. The molecule has 19 heavy (non-hydrogen) atoms. The summed E-state index contributed by atoms with van der Waals surface area (Å²) in [6.07, 6.45) is 0. The van der Waals surface area contributed by atoms with Crippen LogP contribution in [0.15, 0.2) is 6.07 Å². The van der Waals surface area contributed by atoms with Gasteiger partial charge in [-0.25, -0.2) is 9.59 Å². The van der Waals surface area contributed by atoms with Gasteiger partial charge in [-0.3, -0.25) is 0 Å². The Morgan fingerprint density at radius 3 is 2.16 bits per heavy atom. The maximum Gasteiger partial charge on any atom is 0.342 e. The van der Waals surface area contributed by atoms with Crippen LogP contribution in [-0.4, -0.2) is 35.4 Å². The number of benzene rings is 1. The van der Waals surface area contributed by atoms with Crippen molar-refractivity contribution in [3.05, 3.63) is 22.8 Å². The Hall–Kier alpha value is -2.24. The SMILES string of the molecule is CCOC(=O)c1cc(O)c(C)c(C(=O)OCC)c1O. The first-order valence-corrected chi connectivity index (χ1v) is 5.83. The minimum atomic E-state index is -0.819. The van der Waals surface area contributed by atoms with E-state index < -0.39 is 17.7 Å². The number of carbonyl (C=O) groups excluding carboxylic acids is 2. The predicted octanol–water partition coefficient (Wildman–Crippen LogP) is 1.76. The molecule has 0 fully saturated rings. The molecular formula is C13H16O6. The average molecular weight is 268 g/mol. The van der Waals surface area contributed by atoms with Crippen LogP contribution < -0.4 is 0 Å². The molecule has 0 aliphatic carbocycles. The van der Waals surface area contributed by atoms with Crippen molar-refractivity contribution in [3.63, 3.8) is 0 Å². The van der Waals surface area contributed by atoms with Gasteiger partial charge in [-0.15, -0.1) is 0 Å². The van der Waals surface area contributed by atoms with E-state index in [9.17, 15) is 19.8 Å². The molecule has 1 aromatic carbocycles. The van der Waals surface area contributed by atoms with Gasteiger partial charge in [0.05, 0.1) is 13.2 Å². The topological polar surface area (TPSA) is 93.1 Å². The molecule has 0 heterocycles. The Labute approximate surface area is 110 Å². The van der Waals surface area contributed by atoms with Crippen LogP contribution >= 0.6 is 0 Å². The van der Waals surface area contributed by atoms with Gasteiger partial charge in [0, 0.05) is 5.56 Å². The molecule has 104 valence electrons. The number of ether oxygens (including phenoxy) is 2. The van der Waals surface area contributed by atoms with Crippen molar-refractivity contribution in [1.82, 2.24) is 0 Å². The largest absolute Gasteiger partial charge is 0.508 e. The van der Waals surface area contributed by atoms with E-state index in [1.807, 2.05) is 0 Å². The fourth-order valence-corrected chi connectivity index (χ4v) is 1.57. The molecule has 0 spiro atoms. The van der Waals surface area contributed by atoms with Gasteiger partial charge in [0.2, 0.25) is 0 Å². The third-order valence-electron chi connectivity index (χ3n) is 2.51. The van der Waals surface area contributed by atoms with E-state index in [1.54, 1.807) is 13.8 Å². The van der Waals surface area contributed by atoms with Crippen LogP contribution in [0.25, 0.3) is 0 Å². The van der Waals surface area contributed by atoms with Crippen molar-refractivity contribution < 1.29 is 29.3 Å². The second kappa shape index (κ2) is 6.08. The standard InChI is InChI=1S/C13H16O6/c1-4-18-12(16)8-6-9(14)7(3)10(11(8)15)13(17)19-5-2/h6,14-15H,4-5H2,1-3H3. The Morgan fingerprint density at radius 2 is 1.63 bits per heavy atom. The third-order valence-corrected chi connectivity index (χ3v) is 2.51. The van der Waals surface area contributed by atoms with Gasteiger partial charge in [-0.1, -0.05) is 0 Å². The van der Waals surface area contributed by atoms with Gasteiger partial charge in [-0.2, -0.15) is 0 Å². The zero-order chi connectivity index (χ0) is 14.6. The van der Waals surface area contributed by atoms with E-state index in [1.165, 1.54) is 6.92 Å². The van der Waals surface area contributed by atoms with Crippen molar-refractivity contribution in [2.75, 3.05) is 13.2 Å². The lowest BCUT2D eigenvalue weighted by Crippen LogP contribution is -2.11.